The summed E-state index contributed by atoms with van der Waals surface area (Å²) in [5.74, 6) is 1.82. The van der Waals surface area contributed by atoms with Gasteiger partial charge in [0.25, 0.3) is 0 Å². The summed E-state index contributed by atoms with van der Waals surface area (Å²) in [4.78, 5) is 21.6. The van der Waals surface area contributed by atoms with Crippen molar-refractivity contribution in [3.63, 3.8) is 0 Å². The van der Waals surface area contributed by atoms with Gasteiger partial charge in [0.05, 0.1) is 24.8 Å². The van der Waals surface area contributed by atoms with Crippen LogP contribution in [0.4, 0.5) is 5.69 Å². The SMILES string of the molecule is CCNC(=O)C(C)(C)CN=C(NCC)N1CCN(c2ccccc2OC)CC1. The largest absolute Gasteiger partial charge is 0.495 e. The highest BCUT2D eigenvalue weighted by Crippen LogP contribution is 2.28. The standard InChI is InChI=1S/C21H35N5O2/c1-6-22-19(27)21(3,4)16-24-20(23-7-2)26-14-12-25(13-15-26)17-10-8-9-11-18(17)28-5/h8-11H,6-7,12-16H2,1-5H3,(H,22,27)(H,23,24). The Labute approximate surface area is 169 Å². The maximum Gasteiger partial charge on any atom is 0.227 e. The minimum atomic E-state index is -0.532. The summed E-state index contributed by atoms with van der Waals surface area (Å²) >= 11 is 0. The fourth-order valence-electron chi connectivity index (χ4n) is 3.22. The molecule has 1 aromatic carbocycles. The number of benzene rings is 1. The molecule has 2 rings (SSSR count). The van der Waals surface area contributed by atoms with Gasteiger partial charge in [0.1, 0.15) is 5.75 Å². The molecular weight excluding hydrogens is 354 g/mol. The van der Waals surface area contributed by atoms with Crippen LogP contribution in [0.15, 0.2) is 29.3 Å². The smallest absolute Gasteiger partial charge is 0.227 e. The predicted octanol–water partition coefficient (Wildman–Crippen LogP) is 1.95. The van der Waals surface area contributed by atoms with E-state index in [1.165, 1.54) is 0 Å². The van der Waals surface area contributed by atoms with Gasteiger partial charge in [0, 0.05) is 39.3 Å². The fraction of sp³-hybridized carbons (Fsp3) is 0.619. The van der Waals surface area contributed by atoms with E-state index in [4.69, 9.17) is 9.73 Å². The number of carbonyl (C=O) groups is 1. The van der Waals surface area contributed by atoms with Crippen LogP contribution in [0.5, 0.6) is 5.75 Å². The van der Waals surface area contributed by atoms with Crippen LogP contribution in [0.1, 0.15) is 27.7 Å². The van der Waals surface area contributed by atoms with Gasteiger partial charge in [-0.2, -0.15) is 0 Å². The molecule has 0 unspecified atom stereocenters. The molecule has 1 amide bonds. The Morgan fingerprint density at radius 3 is 2.36 bits per heavy atom. The normalized spacial score (nSPS) is 15.4. The maximum absolute atomic E-state index is 12.2. The number of nitrogens with zero attached hydrogens (tertiary/aromatic N) is 3. The van der Waals surface area contributed by atoms with Crippen molar-refractivity contribution in [2.75, 3.05) is 57.8 Å². The Morgan fingerprint density at radius 2 is 1.75 bits per heavy atom. The third-order valence-electron chi connectivity index (χ3n) is 4.92. The molecule has 0 radical (unpaired) electrons. The van der Waals surface area contributed by atoms with E-state index in [0.29, 0.717) is 13.1 Å². The van der Waals surface area contributed by atoms with Crippen molar-refractivity contribution in [1.29, 1.82) is 0 Å². The van der Waals surface area contributed by atoms with E-state index < -0.39 is 5.41 Å². The lowest BCUT2D eigenvalue weighted by Gasteiger charge is -2.38. The molecule has 2 N–H and O–H groups in total. The van der Waals surface area contributed by atoms with E-state index in [0.717, 1.165) is 50.1 Å². The maximum atomic E-state index is 12.2. The van der Waals surface area contributed by atoms with Gasteiger partial charge in [-0.25, -0.2) is 0 Å². The summed E-state index contributed by atoms with van der Waals surface area (Å²) in [6.45, 7) is 13.3. The van der Waals surface area contributed by atoms with Crippen molar-refractivity contribution in [2.45, 2.75) is 27.7 Å². The van der Waals surface area contributed by atoms with Gasteiger partial charge in [0.2, 0.25) is 5.91 Å². The molecule has 7 nitrogen and oxygen atoms in total. The molecule has 1 saturated heterocycles. The molecule has 0 aliphatic carbocycles. The van der Waals surface area contributed by atoms with Crippen LogP contribution in [0.2, 0.25) is 0 Å². The van der Waals surface area contributed by atoms with Crippen LogP contribution in [-0.2, 0) is 4.79 Å². The zero-order valence-corrected chi connectivity index (χ0v) is 17.9. The number of hydrogen-bond acceptors (Lipinski definition) is 4. The van der Waals surface area contributed by atoms with Crippen LogP contribution >= 0.6 is 0 Å². The van der Waals surface area contributed by atoms with E-state index in [1.54, 1.807) is 7.11 Å². The van der Waals surface area contributed by atoms with Crippen LogP contribution in [0, 0.1) is 5.41 Å². The van der Waals surface area contributed by atoms with Gasteiger partial charge in [-0.05, 0) is 39.8 Å². The summed E-state index contributed by atoms with van der Waals surface area (Å²) in [5.41, 5.74) is 0.597. The average Bonchev–Trinajstić information content (AvgIpc) is 2.71. The van der Waals surface area contributed by atoms with Crippen molar-refractivity contribution < 1.29 is 9.53 Å². The number of anilines is 1. The number of para-hydroxylation sites is 2. The molecular formula is C21H35N5O2. The van der Waals surface area contributed by atoms with Crippen molar-refractivity contribution in [3.8, 4) is 5.75 Å². The van der Waals surface area contributed by atoms with Crippen LogP contribution in [0.3, 0.4) is 0 Å². The highest BCUT2D eigenvalue weighted by molar-refractivity contribution is 5.84. The Balaban J connectivity index is 2.03. The number of guanidine groups is 1. The third-order valence-corrected chi connectivity index (χ3v) is 4.92. The molecule has 1 aliphatic heterocycles. The lowest BCUT2D eigenvalue weighted by atomic mass is 9.92. The molecule has 156 valence electrons. The van der Waals surface area contributed by atoms with Crippen LogP contribution in [0.25, 0.3) is 0 Å². The molecule has 7 heteroatoms. The minimum absolute atomic E-state index is 0.0376. The second kappa shape index (κ2) is 10.2. The number of amides is 1. The van der Waals surface area contributed by atoms with Gasteiger partial charge in [0.15, 0.2) is 5.96 Å². The summed E-state index contributed by atoms with van der Waals surface area (Å²) in [7, 11) is 1.71. The Morgan fingerprint density at radius 1 is 1.11 bits per heavy atom. The second-order valence-corrected chi connectivity index (χ2v) is 7.56. The van der Waals surface area contributed by atoms with E-state index in [1.807, 2.05) is 39.0 Å². The summed E-state index contributed by atoms with van der Waals surface area (Å²) in [5, 5.41) is 6.27. The predicted molar refractivity (Wildman–Crippen MR) is 115 cm³/mol. The highest BCUT2D eigenvalue weighted by Gasteiger charge is 2.28. The molecule has 0 saturated carbocycles. The van der Waals surface area contributed by atoms with E-state index >= 15 is 0 Å². The molecule has 0 bridgehead atoms. The van der Waals surface area contributed by atoms with Crippen LogP contribution < -0.4 is 20.3 Å². The number of aliphatic imine (C=N–C) groups is 1. The van der Waals surface area contributed by atoms with Crippen LogP contribution in [-0.4, -0.2) is 69.7 Å². The molecule has 0 atom stereocenters. The Kier molecular flexibility index (Phi) is 7.96. The van der Waals surface area contributed by atoms with Crippen molar-refractivity contribution in [3.05, 3.63) is 24.3 Å². The van der Waals surface area contributed by atoms with Gasteiger partial charge in [-0.3, -0.25) is 9.79 Å². The molecule has 0 aromatic heterocycles. The number of piperazine rings is 1. The lowest BCUT2D eigenvalue weighted by molar-refractivity contribution is -0.128. The Hall–Kier alpha value is -2.44. The van der Waals surface area contributed by atoms with Gasteiger partial charge < -0.3 is 25.2 Å². The summed E-state index contributed by atoms with van der Waals surface area (Å²) in [6, 6.07) is 8.13. The topological polar surface area (TPSA) is 69.2 Å². The number of nitrogens with one attached hydrogen (secondary N) is 2. The highest BCUT2D eigenvalue weighted by atomic mass is 16.5. The number of rotatable bonds is 7. The van der Waals surface area contributed by atoms with Crippen molar-refractivity contribution in [2.24, 2.45) is 10.4 Å². The third kappa shape index (κ3) is 5.53. The van der Waals surface area contributed by atoms with Crippen molar-refractivity contribution >= 4 is 17.6 Å². The fourth-order valence-corrected chi connectivity index (χ4v) is 3.22. The first-order valence-electron chi connectivity index (χ1n) is 10.1. The Bertz CT molecular complexity index is 667. The van der Waals surface area contributed by atoms with Gasteiger partial charge >= 0.3 is 0 Å². The summed E-state index contributed by atoms with van der Waals surface area (Å²) < 4.78 is 5.50. The minimum Gasteiger partial charge on any atom is -0.495 e. The average molecular weight is 390 g/mol. The first-order chi connectivity index (χ1) is 13.4. The second-order valence-electron chi connectivity index (χ2n) is 7.56. The van der Waals surface area contributed by atoms with E-state index in [-0.39, 0.29) is 5.91 Å². The molecule has 28 heavy (non-hydrogen) atoms. The van der Waals surface area contributed by atoms with E-state index in [9.17, 15) is 4.79 Å². The monoisotopic (exact) mass is 389 g/mol. The molecule has 0 spiro atoms. The quantitative estimate of drug-likeness (QED) is 0.551. The first-order valence-corrected chi connectivity index (χ1v) is 10.1. The summed E-state index contributed by atoms with van der Waals surface area (Å²) in [6.07, 6.45) is 0. The lowest BCUT2D eigenvalue weighted by Crippen LogP contribution is -2.53. The number of carbonyl (C=O) groups excluding carboxylic acids is 1. The first kappa shape index (κ1) is 21.9. The zero-order valence-electron chi connectivity index (χ0n) is 17.9. The molecule has 1 aromatic rings. The van der Waals surface area contributed by atoms with E-state index in [2.05, 4.69) is 33.4 Å². The molecule has 1 heterocycles. The number of methoxy groups -OCH3 is 1. The van der Waals surface area contributed by atoms with Gasteiger partial charge in [-0.1, -0.05) is 12.1 Å². The van der Waals surface area contributed by atoms with Crippen molar-refractivity contribution in [1.82, 2.24) is 15.5 Å². The number of hydrogen-bond donors (Lipinski definition) is 2. The van der Waals surface area contributed by atoms with Gasteiger partial charge in [-0.15, -0.1) is 0 Å². The zero-order chi connectivity index (χ0) is 20.6. The molecule has 1 fully saturated rings. The number of ether oxygens (including phenoxy) is 1. The molecule has 1 aliphatic rings.